The van der Waals surface area contributed by atoms with Crippen LogP contribution in [-0.4, -0.2) is 48.1 Å². The zero-order valence-electron chi connectivity index (χ0n) is 25.3. The van der Waals surface area contributed by atoms with E-state index in [0.29, 0.717) is 12.0 Å². The smallest absolute Gasteiger partial charge is 0.460 e. The van der Waals surface area contributed by atoms with Gasteiger partial charge in [-0.3, -0.25) is 4.79 Å². The number of halogens is 11. The summed E-state index contributed by atoms with van der Waals surface area (Å²) in [7, 11) is 0. The molecule has 2 aromatic rings. The number of benzene rings is 2. The minimum absolute atomic E-state index is 0.0688. The summed E-state index contributed by atoms with van der Waals surface area (Å²) in [6.07, 6.45) is -8.27. The molecule has 1 fully saturated rings. The van der Waals surface area contributed by atoms with Crippen molar-refractivity contribution < 1.29 is 72.1 Å². The number of hydrogen-bond acceptors (Lipinski definition) is 5. The van der Waals surface area contributed by atoms with Crippen LogP contribution in [0.3, 0.4) is 0 Å². The Morgan fingerprint density at radius 1 is 0.915 bits per heavy atom. The van der Waals surface area contributed by atoms with Crippen molar-refractivity contribution in [3.63, 3.8) is 0 Å². The molecule has 0 radical (unpaired) electrons. The Bertz CT molecular complexity index is 1460. The lowest BCUT2D eigenvalue weighted by molar-refractivity contribution is -0.396. The number of ether oxygens (including phenoxy) is 3. The van der Waals surface area contributed by atoms with Crippen LogP contribution in [-0.2, 0) is 14.3 Å². The van der Waals surface area contributed by atoms with Crippen LogP contribution in [0.4, 0.5) is 48.3 Å². The van der Waals surface area contributed by atoms with Crippen LogP contribution < -0.4 is 9.47 Å². The van der Waals surface area contributed by atoms with Crippen LogP contribution >= 0.6 is 0 Å². The summed E-state index contributed by atoms with van der Waals surface area (Å²) in [6.45, 7) is 4.23. The van der Waals surface area contributed by atoms with E-state index in [1.165, 1.54) is 32.0 Å². The van der Waals surface area contributed by atoms with E-state index in [9.17, 15) is 57.9 Å². The fourth-order valence-electron chi connectivity index (χ4n) is 4.90. The molecule has 0 N–H and O–H groups in total. The van der Waals surface area contributed by atoms with Crippen molar-refractivity contribution in [2.24, 2.45) is 5.92 Å². The van der Waals surface area contributed by atoms with E-state index < -0.39 is 90.7 Å². The van der Waals surface area contributed by atoms with Gasteiger partial charge in [-0.1, -0.05) is 25.8 Å². The summed E-state index contributed by atoms with van der Waals surface area (Å²) >= 11 is 0. The molecule has 0 spiro atoms. The van der Waals surface area contributed by atoms with Crippen LogP contribution in [0.5, 0.6) is 11.5 Å². The van der Waals surface area contributed by atoms with Gasteiger partial charge in [-0.25, -0.2) is 9.18 Å². The van der Waals surface area contributed by atoms with E-state index in [1.807, 2.05) is 6.92 Å². The lowest BCUT2D eigenvalue weighted by Gasteiger charge is -2.33. The third kappa shape index (κ3) is 7.77. The second-order valence-electron chi connectivity index (χ2n) is 11.5. The SMILES string of the molecule is CCCC[C@H]1C[C@@](C)(C(=O)Oc2ccc(-c3ccc(OCCCCC(F)(F)C(F)(F)C(F)(F)C(F)(F)F)c(F)c3F)cc2C)OC1=O. The fraction of sp³-hybridized carbons (Fsp3) is 0.548. The van der Waals surface area contributed by atoms with Crippen LogP contribution in [0, 0.1) is 24.5 Å². The van der Waals surface area contributed by atoms with E-state index in [-0.39, 0.29) is 23.3 Å². The molecule has 0 unspecified atom stereocenters. The predicted molar refractivity (Wildman–Crippen MR) is 145 cm³/mol. The summed E-state index contributed by atoms with van der Waals surface area (Å²) in [5.41, 5.74) is -1.29. The first-order chi connectivity index (χ1) is 21.6. The van der Waals surface area contributed by atoms with Gasteiger partial charge in [-0.05, 0) is 68.5 Å². The molecule has 5 nitrogen and oxygen atoms in total. The summed E-state index contributed by atoms with van der Waals surface area (Å²) in [5.74, 6) is -24.8. The minimum Gasteiger partial charge on any atom is -0.490 e. The molecule has 1 aliphatic rings. The highest BCUT2D eigenvalue weighted by Gasteiger charge is 2.81. The summed E-state index contributed by atoms with van der Waals surface area (Å²) in [4.78, 5) is 25.1. The third-order valence-corrected chi connectivity index (χ3v) is 7.72. The highest BCUT2D eigenvalue weighted by atomic mass is 19.4. The first-order valence-corrected chi connectivity index (χ1v) is 14.5. The third-order valence-electron chi connectivity index (χ3n) is 7.72. The van der Waals surface area contributed by atoms with E-state index in [4.69, 9.17) is 14.2 Å². The second-order valence-corrected chi connectivity index (χ2v) is 11.5. The lowest BCUT2D eigenvalue weighted by Crippen LogP contribution is -2.60. The van der Waals surface area contributed by atoms with Crippen LogP contribution in [0.2, 0.25) is 0 Å². The monoisotopic (exact) mass is 692 g/mol. The maximum absolute atomic E-state index is 14.9. The number of unbranched alkanes of at least 4 members (excludes halogenated alkanes) is 2. The largest absolute Gasteiger partial charge is 0.490 e. The second kappa shape index (κ2) is 13.9. The van der Waals surface area contributed by atoms with Gasteiger partial charge in [0, 0.05) is 18.4 Å². The summed E-state index contributed by atoms with van der Waals surface area (Å²) in [5, 5.41) is 0. The fourth-order valence-corrected chi connectivity index (χ4v) is 4.90. The maximum atomic E-state index is 14.9. The van der Waals surface area contributed by atoms with Gasteiger partial charge in [0.05, 0.1) is 12.5 Å². The molecule has 1 aliphatic heterocycles. The molecule has 262 valence electrons. The van der Waals surface area contributed by atoms with Crippen LogP contribution in [0.15, 0.2) is 30.3 Å². The topological polar surface area (TPSA) is 61.8 Å². The molecule has 2 atom stereocenters. The van der Waals surface area contributed by atoms with Crippen molar-refractivity contribution in [1.82, 2.24) is 0 Å². The van der Waals surface area contributed by atoms with Gasteiger partial charge in [-0.2, -0.15) is 43.9 Å². The number of alkyl halides is 9. The molecular formula is C31H31F11O5. The van der Waals surface area contributed by atoms with E-state index in [0.717, 1.165) is 25.0 Å². The average molecular weight is 693 g/mol. The number of hydrogen-bond donors (Lipinski definition) is 0. The van der Waals surface area contributed by atoms with Gasteiger partial charge < -0.3 is 14.2 Å². The van der Waals surface area contributed by atoms with Gasteiger partial charge in [0.25, 0.3) is 0 Å². The van der Waals surface area contributed by atoms with Crippen LogP contribution in [0.1, 0.15) is 64.4 Å². The Morgan fingerprint density at radius 2 is 1.55 bits per heavy atom. The molecule has 3 rings (SSSR count). The van der Waals surface area contributed by atoms with Gasteiger partial charge in [0.1, 0.15) is 5.75 Å². The highest BCUT2D eigenvalue weighted by molar-refractivity contribution is 5.89. The van der Waals surface area contributed by atoms with Crippen molar-refractivity contribution >= 4 is 11.9 Å². The zero-order chi connectivity index (χ0) is 35.6. The minimum atomic E-state index is -6.99. The molecule has 47 heavy (non-hydrogen) atoms. The molecule has 1 saturated heterocycles. The lowest BCUT2D eigenvalue weighted by atomic mass is 9.92. The number of rotatable bonds is 14. The Labute approximate surface area is 262 Å². The number of carbonyl (C=O) groups excluding carboxylic acids is 2. The summed E-state index contributed by atoms with van der Waals surface area (Å²) in [6, 6.07) is 6.08. The Balaban J connectivity index is 1.61. The van der Waals surface area contributed by atoms with E-state index >= 15 is 0 Å². The van der Waals surface area contributed by atoms with Gasteiger partial charge in [0.15, 0.2) is 11.6 Å². The Morgan fingerprint density at radius 3 is 2.15 bits per heavy atom. The Hall–Kier alpha value is -3.59. The molecule has 2 aromatic carbocycles. The van der Waals surface area contributed by atoms with Crippen molar-refractivity contribution in [3.05, 3.63) is 47.5 Å². The number of cyclic esters (lactones) is 1. The first kappa shape index (κ1) is 37.9. The molecule has 0 aliphatic carbocycles. The first-order valence-electron chi connectivity index (χ1n) is 14.5. The molecule has 1 heterocycles. The van der Waals surface area contributed by atoms with Gasteiger partial charge in [-0.15, -0.1) is 0 Å². The van der Waals surface area contributed by atoms with E-state index in [1.54, 1.807) is 0 Å². The van der Waals surface area contributed by atoms with Gasteiger partial charge >= 0.3 is 35.9 Å². The summed E-state index contributed by atoms with van der Waals surface area (Å²) < 4.78 is 162. The quantitative estimate of drug-likeness (QED) is 0.0855. The zero-order valence-corrected chi connectivity index (χ0v) is 25.3. The number of aryl methyl sites for hydroxylation is 1. The van der Waals surface area contributed by atoms with Crippen molar-refractivity contribution in [2.45, 2.75) is 95.3 Å². The molecule has 0 amide bonds. The van der Waals surface area contributed by atoms with Crippen molar-refractivity contribution in [2.75, 3.05) is 6.61 Å². The normalized spacial score (nSPS) is 19.1. The number of esters is 2. The highest BCUT2D eigenvalue weighted by Crippen LogP contribution is 2.54. The van der Waals surface area contributed by atoms with E-state index in [2.05, 4.69) is 0 Å². The number of carbonyl (C=O) groups is 2. The Kier molecular flexibility index (Phi) is 11.2. The van der Waals surface area contributed by atoms with Crippen molar-refractivity contribution in [3.8, 4) is 22.6 Å². The molecule has 0 bridgehead atoms. The molecule has 0 aromatic heterocycles. The van der Waals surface area contributed by atoms with Gasteiger partial charge in [0.2, 0.25) is 11.4 Å². The van der Waals surface area contributed by atoms with Crippen LogP contribution in [0.25, 0.3) is 11.1 Å². The average Bonchev–Trinajstić information content (AvgIpc) is 3.28. The molecule has 0 saturated carbocycles. The maximum Gasteiger partial charge on any atom is 0.460 e. The van der Waals surface area contributed by atoms with Crippen molar-refractivity contribution in [1.29, 1.82) is 0 Å². The molecule has 16 heteroatoms. The molecular weight excluding hydrogens is 661 g/mol. The standard InChI is InChI=1S/C31H31F11O5/c1-4-5-8-19-16-27(3,47-25(19)43)26(44)46-21-11-9-18(15-17(21)2)20-10-12-22(24(33)23(20)32)45-14-7-6-13-28(34,35)29(36,37)30(38,39)31(40,41)42/h9-12,15,19H,4-8,13-14,16H2,1-3H3/t19-,27-/m0/s1. The predicted octanol–water partition coefficient (Wildman–Crippen LogP) is 9.37.